The van der Waals surface area contributed by atoms with E-state index in [-0.39, 0.29) is 11.6 Å². The Hall–Kier alpha value is -2.01. The van der Waals surface area contributed by atoms with Crippen molar-refractivity contribution in [1.29, 1.82) is 0 Å². The van der Waals surface area contributed by atoms with E-state index in [0.29, 0.717) is 24.4 Å². The first-order valence-corrected chi connectivity index (χ1v) is 7.14. The predicted molar refractivity (Wildman–Crippen MR) is 79.6 cm³/mol. The van der Waals surface area contributed by atoms with Crippen LogP contribution in [0.5, 0.6) is 0 Å². The number of H-pyrrole nitrogens is 1. The molecule has 21 heavy (non-hydrogen) atoms. The molecule has 1 aliphatic rings. The maximum absolute atomic E-state index is 12.7. The van der Waals surface area contributed by atoms with Crippen LogP contribution in [-0.4, -0.2) is 39.0 Å². The van der Waals surface area contributed by atoms with Gasteiger partial charge in [0.2, 0.25) is 0 Å². The highest BCUT2D eigenvalue weighted by atomic mass is 35.5. The van der Waals surface area contributed by atoms with Crippen molar-refractivity contribution in [2.24, 2.45) is 0 Å². The largest absolute Gasteiger partial charge is 0.480 e. The van der Waals surface area contributed by atoms with Crippen molar-refractivity contribution in [3.8, 4) is 0 Å². The highest BCUT2D eigenvalue weighted by Gasteiger charge is 2.46. The normalized spacial score (nSPS) is 21.9. The van der Waals surface area contributed by atoms with E-state index in [9.17, 15) is 14.7 Å². The van der Waals surface area contributed by atoms with Gasteiger partial charge in [0.05, 0.1) is 5.02 Å². The van der Waals surface area contributed by atoms with Gasteiger partial charge in [-0.15, -0.1) is 0 Å². The topological polar surface area (TPSA) is 73.4 Å². The van der Waals surface area contributed by atoms with Crippen LogP contribution in [0.2, 0.25) is 5.02 Å². The number of para-hydroxylation sites is 1. The van der Waals surface area contributed by atoms with Gasteiger partial charge in [0.15, 0.2) is 0 Å². The lowest BCUT2D eigenvalue weighted by molar-refractivity contribution is -0.147. The fraction of sp³-hybridized carbons (Fsp3) is 0.333. The van der Waals surface area contributed by atoms with Gasteiger partial charge in [0.1, 0.15) is 11.2 Å². The molecule has 1 amide bonds. The molecule has 1 unspecified atom stereocenters. The molecule has 1 aliphatic heterocycles. The van der Waals surface area contributed by atoms with Crippen molar-refractivity contribution in [3.63, 3.8) is 0 Å². The SMILES string of the molecule is CC1(C(=O)O)CCCN1C(=O)c1[nH]c2ccccc2c1Cl. The summed E-state index contributed by atoms with van der Waals surface area (Å²) in [6.45, 7) is 2.00. The number of benzene rings is 1. The molecule has 2 heterocycles. The number of fused-ring (bicyclic) bond motifs is 1. The smallest absolute Gasteiger partial charge is 0.329 e. The second-order valence-electron chi connectivity index (χ2n) is 5.50. The second-order valence-corrected chi connectivity index (χ2v) is 5.88. The summed E-state index contributed by atoms with van der Waals surface area (Å²) in [4.78, 5) is 28.6. The third-order valence-electron chi connectivity index (χ3n) is 4.20. The van der Waals surface area contributed by atoms with E-state index in [1.807, 2.05) is 24.3 Å². The van der Waals surface area contributed by atoms with E-state index in [0.717, 1.165) is 10.9 Å². The first-order valence-electron chi connectivity index (χ1n) is 6.77. The lowest BCUT2D eigenvalue weighted by Gasteiger charge is -2.30. The van der Waals surface area contributed by atoms with Crippen LogP contribution in [0.15, 0.2) is 24.3 Å². The third-order valence-corrected chi connectivity index (χ3v) is 4.60. The number of aromatic amines is 1. The van der Waals surface area contributed by atoms with Gasteiger partial charge in [-0.1, -0.05) is 29.8 Å². The lowest BCUT2D eigenvalue weighted by Crippen LogP contribution is -2.50. The number of amides is 1. The lowest BCUT2D eigenvalue weighted by atomic mass is 9.99. The van der Waals surface area contributed by atoms with Crippen LogP contribution in [0.25, 0.3) is 10.9 Å². The number of carboxylic acids is 1. The van der Waals surface area contributed by atoms with Crippen LogP contribution in [0.1, 0.15) is 30.3 Å². The number of aliphatic carboxylic acids is 1. The molecule has 0 spiro atoms. The van der Waals surface area contributed by atoms with E-state index in [1.165, 1.54) is 4.90 Å². The van der Waals surface area contributed by atoms with Gasteiger partial charge < -0.3 is 15.0 Å². The van der Waals surface area contributed by atoms with Crippen molar-refractivity contribution < 1.29 is 14.7 Å². The summed E-state index contributed by atoms with van der Waals surface area (Å²) in [5.74, 6) is -1.35. The zero-order valence-electron chi connectivity index (χ0n) is 11.5. The van der Waals surface area contributed by atoms with Gasteiger partial charge in [-0.25, -0.2) is 4.79 Å². The number of rotatable bonds is 2. The summed E-state index contributed by atoms with van der Waals surface area (Å²) < 4.78 is 0. The summed E-state index contributed by atoms with van der Waals surface area (Å²) in [7, 11) is 0. The summed E-state index contributed by atoms with van der Waals surface area (Å²) in [5, 5.41) is 10.5. The van der Waals surface area contributed by atoms with Crippen LogP contribution < -0.4 is 0 Å². The molecule has 1 fully saturated rings. The Morgan fingerprint density at radius 2 is 2.10 bits per heavy atom. The molecule has 0 aliphatic carbocycles. The van der Waals surface area contributed by atoms with E-state index in [1.54, 1.807) is 6.92 Å². The number of carboxylic acid groups (broad SMARTS) is 1. The minimum atomic E-state index is -1.17. The van der Waals surface area contributed by atoms with Crippen LogP contribution in [0.3, 0.4) is 0 Å². The molecule has 2 N–H and O–H groups in total. The summed E-state index contributed by atoms with van der Waals surface area (Å²) in [6, 6.07) is 7.35. The molecular weight excluding hydrogens is 292 g/mol. The Morgan fingerprint density at radius 1 is 1.38 bits per heavy atom. The zero-order valence-corrected chi connectivity index (χ0v) is 12.3. The van der Waals surface area contributed by atoms with Crippen LogP contribution in [0, 0.1) is 0 Å². The minimum Gasteiger partial charge on any atom is -0.480 e. The van der Waals surface area contributed by atoms with Crippen molar-refractivity contribution in [1.82, 2.24) is 9.88 Å². The highest BCUT2D eigenvalue weighted by molar-refractivity contribution is 6.38. The van der Waals surface area contributed by atoms with Gasteiger partial charge in [-0.05, 0) is 25.8 Å². The predicted octanol–water partition coefficient (Wildman–Crippen LogP) is 2.90. The molecule has 5 nitrogen and oxygen atoms in total. The molecule has 0 saturated carbocycles. The molecule has 0 radical (unpaired) electrons. The fourth-order valence-corrected chi connectivity index (χ4v) is 3.19. The van der Waals surface area contributed by atoms with Gasteiger partial charge in [0, 0.05) is 17.4 Å². The highest BCUT2D eigenvalue weighted by Crippen LogP contribution is 2.34. The molecule has 1 saturated heterocycles. The van der Waals surface area contributed by atoms with Crippen LogP contribution >= 0.6 is 11.6 Å². The Morgan fingerprint density at radius 3 is 2.76 bits per heavy atom. The van der Waals surface area contributed by atoms with E-state index in [4.69, 9.17) is 11.6 Å². The van der Waals surface area contributed by atoms with E-state index >= 15 is 0 Å². The molecule has 3 rings (SSSR count). The molecule has 0 bridgehead atoms. The van der Waals surface area contributed by atoms with Crippen molar-refractivity contribution >= 4 is 34.4 Å². The Kier molecular flexibility index (Phi) is 3.17. The fourth-order valence-electron chi connectivity index (χ4n) is 2.90. The van der Waals surface area contributed by atoms with Crippen molar-refractivity contribution in [2.75, 3.05) is 6.54 Å². The molecule has 6 heteroatoms. The molecule has 110 valence electrons. The average molecular weight is 307 g/mol. The summed E-state index contributed by atoms with van der Waals surface area (Å²) in [6.07, 6.45) is 1.12. The number of carbonyl (C=O) groups is 2. The first kappa shape index (κ1) is 13.9. The van der Waals surface area contributed by atoms with Crippen molar-refractivity contribution in [2.45, 2.75) is 25.3 Å². The van der Waals surface area contributed by atoms with Crippen LogP contribution in [0.4, 0.5) is 0 Å². The monoisotopic (exact) mass is 306 g/mol. The number of hydrogen-bond acceptors (Lipinski definition) is 2. The average Bonchev–Trinajstić information content (AvgIpc) is 3.01. The molecule has 1 atom stereocenters. The van der Waals surface area contributed by atoms with Crippen LogP contribution in [-0.2, 0) is 4.79 Å². The number of carbonyl (C=O) groups excluding carboxylic acids is 1. The molecular formula is C15H15ClN2O3. The minimum absolute atomic E-state index is 0.257. The van der Waals surface area contributed by atoms with Crippen molar-refractivity contribution in [3.05, 3.63) is 35.0 Å². The standard InChI is InChI=1S/C15H15ClN2O3/c1-15(14(20)21)7-4-8-18(15)13(19)12-11(16)9-5-2-3-6-10(9)17-12/h2-3,5-6,17H,4,7-8H2,1H3,(H,20,21). The summed E-state index contributed by atoms with van der Waals surface area (Å²) in [5.41, 5.74) is -0.146. The maximum atomic E-state index is 12.7. The zero-order chi connectivity index (χ0) is 15.2. The second kappa shape index (κ2) is 4.77. The first-order chi connectivity index (χ1) is 9.95. The van der Waals surface area contributed by atoms with Gasteiger partial charge >= 0.3 is 5.97 Å². The Bertz CT molecular complexity index is 740. The Labute approximate surface area is 126 Å². The number of likely N-dealkylation sites (tertiary alicyclic amines) is 1. The van der Waals surface area contributed by atoms with E-state index < -0.39 is 11.5 Å². The number of nitrogens with zero attached hydrogens (tertiary/aromatic N) is 1. The number of aromatic nitrogens is 1. The molecule has 1 aromatic carbocycles. The van der Waals surface area contributed by atoms with Gasteiger partial charge in [0.25, 0.3) is 5.91 Å². The number of halogens is 1. The quantitative estimate of drug-likeness (QED) is 0.896. The molecule has 2 aromatic rings. The number of nitrogens with one attached hydrogen (secondary N) is 1. The summed E-state index contributed by atoms with van der Waals surface area (Å²) >= 11 is 6.28. The van der Waals surface area contributed by atoms with Gasteiger partial charge in [-0.3, -0.25) is 4.79 Å². The number of hydrogen-bond donors (Lipinski definition) is 2. The van der Waals surface area contributed by atoms with Gasteiger partial charge in [-0.2, -0.15) is 0 Å². The van der Waals surface area contributed by atoms with E-state index in [2.05, 4.69) is 4.98 Å². The Balaban J connectivity index is 2.05. The molecule has 1 aromatic heterocycles. The third kappa shape index (κ3) is 2.00. The maximum Gasteiger partial charge on any atom is 0.329 e.